The lowest BCUT2D eigenvalue weighted by molar-refractivity contribution is 0.568. The molecule has 146 valence electrons. The first kappa shape index (κ1) is 18.8. The van der Waals surface area contributed by atoms with E-state index >= 15 is 0 Å². The molecular weight excluding hydrogens is 415 g/mol. The van der Waals surface area contributed by atoms with Gasteiger partial charge in [0.1, 0.15) is 17.5 Å². The van der Waals surface area contributed by atoms with Crippen LogP contribution in [-0.2, 0) is 10.0 Å². The van der Waals surface area contributed by atoms with E-state index < -0.39 is 38.1 Å². The molecule has 1 fully saturated rings. The topological polar surface area (TPSA) is 74.8 Å². The number of aromatic amines is 1. The SMILES string of the molecule is O=S(=O)(Nc1cc(Cl)cc(-c2cnc(C3CC3)[nH]2)c1F)c1cc(F)cc(F)c1. The van der Waals surface area contributed by atoms with Gasteiger partial charge in [-0.3, -0.25) is 4.72 Å². The molecule has 1 saturated carbocycles. The fourth-order valence-electron chi connectivity index (χ4n) is 2.78. The first-order valence-electron chi connectivity index (χ1n) is 8.26. The molecule has 0 bridgehead atoms. The zero-order valence-corrected chi connectivity index (χ0v) is 15.7. The molecule has 0 radical (unpaired) electrons. The van der Waals surface area contributed by atoms with Crippen molar-refractivity contribution >= 4 is 27.3 Å². The van der Waals surface area contributed by atoms with E-state index in [4.69, 9.17) is 11.6 Å². The third-order valence-electron chi connectivity index (χ3n) is 4.28. The van der Waals surface area contributed by atoms with Crippen LogP contribution < -0.4 is 4.72 Å². The molecule has 1 aromatic heterocycles. The van der Waals surface area contributed by atoms with E-state index in [9.17, 15) is 21.6 Å². The second-order valence-electron chi connectivity index (χ2n) is 6.48. The Morgan fingerprint density at radius 2 is 1.75 bits per heavy atom. The van der Waals surface area contributed by atoms with Gasteiger partial charge in [-0.2, -0.15) is 0 Å². The highest BCUT2D eigenvalue weighted by Gasteiger charge is 2.27. The van der Waals surface area contributed by atoms with E-state index in [0.717, 1.165) is 24.7 Å². The van der Waals surface area contributed by atoms with Crippen LogP contribution in [0.15, 0.2) is 41.4 Å². The van der Waals surface area contributed by atoms with E-state index in [-0.39, 0.29) is 10.6 Å². The molecule has 0 amide bonds. The Labute approximate surface area is 163 Å². The van der Waals surface area contributed by atoms with Crippen LogP contribution in [0.1, 0.15) is 24.6 Å². The van der Waals surface area contributed by atoms with Crippen LogP contribution in [-0.4, -0.2) is 18.4 Å². The summed E-state index contributed by atoms with van der Waals surface area (Å²) in [5.74, 6) is -1.99. The lowest BCUT2D eigenvalue weighted by Gasteiger charge is -2.12. The van der Waals surface area contributed by atoms with Crippen molar-refractivity contribution in [2.24, 2.45) is 0 Å². The number of nitrogens with zero attached hydrogens (tertiary/aromatic N) is 1. The fourth-order valence-corrected chi connectivity index (χ4v) is 4.09. The molecule has 4 rings (SSSR count). The molecule has 1 aliphatic carbocycles. The number of hydrogen-bond acceptors (Lipinski definition) is 3. The van der Waals surface area contributed by atoms with E-state index in [1.807, 2.05) is 4.72 Å². The number of hydrogen-bond donors (Lipinski definition) is 2. The van der Waals surface area contributed by atoms with Gasteiger partial charge in [0.15, 0.2) is 5.82 Å². The summed E-state index contributed by atoms with van der Waals surface area (Å²) in [5, 5.41) is 0.0714. The number of rotatable bonds is 5. The molecule has 2 aromatic carbocycles. The summed E-state index contributed by atoms with van der Waals surface area (Å²) in [5.41, 5.74) is -0.0797. The summed E-state index contributed by atoms with van der Waals surface area (Å²) in [7, 11) is -4.45. The number of nitrogens with one attached hydrogen (secondary N) is 2. The number of sulfonamides is 1. The van der Waals surface area contributed by atoms with Crippen molar-refractivity contribution in [1.82, 2.24) is 9.97 Å². The molecule has 0 spiro atoms. The number of benzene rings is 2. The van der Waals surface area contributed by atoms with Crippen LogP contribution in [0, 0.1) is 17.5 Å². The highest BCUT2D eigenvalue weighted by atomic mass is 35.5. The average molecular weight is 428 g/mol. The Balaban J connectivity index is 1.72. The van der Waals surface area contributed by atoms with Gasteiger partial charge in [0.05, 0.1) is 22.5 Å². The molecule has 3 aromatic rings. The summed E-state index contributed by atoms with van der Waals surface area (Å²) >= 11 is 6.02. The highest BCUT2D eigenvalue weighted by Crippen LogP contribution is 2.40. The Kier molecular flexibility index (Phi) is 4.59. The minimum atomic E-state index is -4.45. The van der Waals surface area contributed by atoms with Crippen LogP contribution in [0.5, 0.6) is 0 Å². The molecule has 2 N–H and O–H groups in total. The van der Waals surface area contributed by atoms with Crippen LogP contribution in [0.4, 0.5) is 18.9 Å². The van der Waals surface area contributed by atoms with Crippen LogP contribution in [0.2, 0.25) is 5.02 Å². The number of H-pyrrole nitrogens is 1. The number of anilines is 1. The largest absolute Gasteiger partial charge is 0.342 e. The lowest BCUT2D eigenvalue weighted by atomic mass is 10.1. The Bertz CT molecular complexity index is 1160. The van der Waals surface area contributed by atoms with Crippen molar-refractivity contribution in [2.45, 2.75) is 23.7 Å². The van der Waals surface area contributed by atoms with Crippen molar-refractivity contribution in [1.29, 1.82) is 0 Å². The first-order chi connectivity index (χ1) is 13.2. The normalized spacial score (nSPS) is 14.3. The van der Waals surface area contributed by atoms with E-state index in [1.165, 1.54) is 12.3 Å². The van der Waals surface area contributed by atoms with Gasteiger partial charge in [-0.05, 0) is 37.1 Å². The van der Waals surface area contributed by atoms with E-state index in [0.29, 0.717) is 29.8 Å². The minimum Gasteiger partial charge on any atom is -0.342 e. The fraction of sp³-hybridized carbons (Fsp3) is 0.167. The summed E-state index contributed by atoms with van der Waals surface area (Å²) < 4.78 is 68.6. The van der Waals surface area contributed by atoms with Gasteiger partial charge in [0, 0.05) is 22.6 Å². The summed E-state index contributed by atoms with van der Waals surface area (Å²) in [4.78, 5) is 6.54. The molecule has 28 heavy (non-hydrogen) atoms. The maximum atomic E-state index is 15.0. The second-order valence-corrected chi connectivity index (χ2v) is 8.60. The third-order valence-corrected chi connectivity index (χ3v) is 5.84. The number of halogens is 4. The molecule has 0 saturated heterocycles. The van der Waals surface area contributed by atoms with Gasteiger partial charge >= 0.3 is 0 Å². The minimum absolute atomic E-state index is 0.0232. The maximum Gasteiger partial charge on any atom is 0.262 e. The molecule has 0 atom stereocenters. The molecule has 1 aliphatic rings. The number of aromatic nitrogens is 2. The highest BCUT2D eigenvalue weighted by molar-refractivity contribution is 7.92. The summed E-state index contributed by atoms with van der Waals surface area (Å²) in [6.07, 6.45) is 3.45. The molecule has 0 unspecified atom stereocenters. The van der Waals surface area contributed by atoms with Crippen molar-refractivity contribution in [3.05, 3.63) is 64.8 Å². The number of imidazole rings is 1. The van der Waals surface area contributed by atoms with Crippen molar-refractivity contribution in [3.8, 4) is 11.3 Å². The van der Waals surface area contributed by atoms with Gasteiger partial charge in [0.2, 0.25) is 0 Å². The predicted octanol–water partition coefficient (Wildman–Crippen LogP) is 4.83. The van der Waals surface area contributed by atoms with Gasteiger partial charge in [-0.25, -0.2) is 26.6 Å². The van der Waals surface area contributed by atoms with Gasteiger partial charge in [0.25, 0.3) is 10.0 Å². The third kappa shape index (κ3) is 3.72. The molecular formula is C18H13ClF3N3O2S. The van der Waals surface area contributed by atoms with E-state index in [1.54, 1.807) is 0 Å². The standard InChI is InChI=1S/C18H13ClF3N3O2S/c19-10-3-14(16-8-23-18(24-16)9-1-2-9)17(22)15(4-10)25-28(26,27)13-6-11(20)5-12(21)7-13/h3-9,25H,1-2H2,(H,23,24). The quantitative estimate of drug-likeness (QED) is 0.612. The second kappa shape index (κ2) is 6.82. The zero-order chi connectivity index (χ0) is 20.1. The summed E-state index contributed by atoms with van der Waals surface area (Å²) in [6.45, 7) is 0. The van der Waals surface area contributed by atoms with Gasteiger partial charge < -0.3 is 4.98 Å². The Morgan fingerprint density at radius 1 is 1.07 bits per heavy atom. The van der Waals surface area contributed by atoms with Crippen molar-refractivity contribution in [3.63, 3.8) is 0 Å². The van der Waals surface area contributed by atoms with Crippen LogP contribution >= 0.6 is 11.6 Å². The monoisotopic (exact) mass is 427 g/mol. The maximum absolute atomic E-state index is 15.0. The lowest BCUT2D eigenvalue weighted by Crippen LogP contribution is -2.15. The first-order valence-corrected chi connectivity index (χ1v) is 10.1. The predicted molar refractivity (Wildman–Crippen MR) is 98.1 cm³/mol. The van der Waals surface area contributed by atoms with Crippen molar-refractivity contribution in [2.75, 3.05) is 4.72 Å². The zero-order valence-electron chi connectivity index (χ0n) is 14.1. The molecule has 5 nitrogen and oxygen atoms in total. The average Bonchev–Trinajstić information content (AvgIpc) is 3.34. The van der Waals surface area contributed by atoms with E-state index in [2.05, 4.69) is 9.97 Å². The smallest absolute Gasteiger partial charge is 0.262 e. The summed E-state index contributed by atoms with van der Waals surface area (Å²) in [6, 6.07) is 4.20. The van der Waals surface area contributed by atoms with Gasteiger partial charge in [-0.1, -0.05) is 11.6 Å². The molecule has 0 aliphatic heterocycles. The van der Waals surface area contributed by atoms with Crippen LogP contribution in [0.25, 0.3) is 11.3 Å². The Hall–Kier alpha value is -2.52. The van der Waals surface area contributed by atoms with Gasteiger partial charge in [-0.15, -0.1) is 0 Å². The van der Waals surface area contributed by atoms with Crippen LogP contribution in [0.3, 0.4) is 0 Å². The molecule has 10 heteroatoms. The van der Waals surface area contributed by atoms with Crippen molar-refractivity contribution < 1.29 is 21.6 Å². The molecule has 1 heterocycles. The Morgan fingerprint density at radius 3 is 2.39 bits per heavy atom.